The van der Waals surface area contributed by atoms with Crippen molar-refractivity contribution in [1.29, 1.82) is 0 Å². The number of thiocarbonyl (C=S) groups is 1. The van der Waals surface area contributed by atoms with Crippen molar-refractivity contribution < 1.29 is 0 Å². The molecule has 1 fully saturated rings. The number of nitrogens with zero attached hydrogens (tertiary/aromatic N) is 4. The molecule has 0 radical (unpaired) electrons. The Morgan fingerprint density at radius 1 is 0.914 bits per heavy atom. The van der Waals surface area contributed by atoms with E-state index in [-0.39, 0.29) is 12.1 Å². The number of benzene rings is 1. The zero-order valence-corrected chi connectivity index (χ0v) is 21.7. The summed E-state index contributed by atoms with van der Waals surface area (Å²) in [6.07, 6.45) is 5.52. The van der Waals surface area contributed by atoms with Gasteiger partial charge in [0.1, 0.15) is 0 Å². The Balaban J connectivity index is 1.65. The average molecular weight is 482 g/mol. The first kappa shape index (κ1) is 23.2. The SMILES string of the molecule is Cc1cc(C)c(-n2c(C)cc([C@@H]3[C@@H](c4ccccn4)NC(=S)N3Cc3ccncc3)c2C)c(C)c1. The van der Waals surface area contributed by atoms with E-state index in [4.69, 9.17) is 17.2 Å². The second-order valence-corrected chi connectivity index (χ2v) is 9.91. The lowest BCUT2D eigenvalue weighted by atomic mass is 9.96. The minimum Gasteiger partial charge on any atom is -0.352 e. The monoisotopic (exact) mass is 481 g/mol. The quantitative estimate of drug-likeness (QED) is 0.355. The predicted molar refractivity (Wildman–Crippen MR) is 145 cm³/mol. The van der Waals surface area contributed by atoms with E-state index in [0.717, 1.165) is 10.8 Å². The van der Waals surface area contributed by atoms with E-state index in [9.17, 15) is 0 Å². The summed E-state index contributed by atoms with van der Waals surface area (Å²) in [6, 6.07) is 17.0. The molecule has 0 aliphatic carbocycles. The first-order valence-electron chi connectivity index (χ1n) is 12.0. The Kier molecular flexibility index (Phi) is 6.15. The number of rotatable bonds is 5. The van der Waals surface area contributed by atoms with E-state index in [2.05, 4.69) is 90.8 Å². The fourth-order valence-electron chi connectivity index (χ4n) is 5.56. The average Bonchev–Trinajstić information content (AvgIpc) is 3.30. The second-order valence-electron chi connectivity index (χ2n) is 9.52. The lowest BCUT2D eigenvalue weighted by Crippen LogP contribution is -2.29. The maximum absolute atomic E-state index is 5.89. The van der Waals surface area contributed by atoms with E-state index < -0.39 is 0 Å². The van der Waals surface area contributed by atoms with Gasteiger partial charge in [0.2, 0.25) is 0 Å². The fourth-order valence-corrected chi connectivity index (χ4v) is 5.86. The van der Waals surface area contributed by atoms with Gasteiger partial charge in [-0.3, -0.25) is 9.97 Å². The zero-order valence-electron chi connectivity index (χ0n) is 20.9. The summed E-state index contributed by atoms with van der Waals surface area (Å²) >= 11 is 5.89. The van der Waals surface area contributed by atoms with Crippen LogP contribution in [0, 0.1) is 34.6 Å². The van der Waals surface area contributed by atoms with E-state index in [0.29, 0.717) is 6.54 Å². The van der Waals surface area contributed by atoms with Crippen LogP contribution in [0.3, 0.4) is 0 Å². The molecular weight excluding hydrogens is 450 g/mol. The van der Waals surface area contributed by atoms with Gasteiger partial charge in [0.25, 0.3) is 0 Å². The van der Waals surface area contributed by atoms with E-state index >= 15 is 0 Å². The largest absolute Gasteiger partial charge is 0.352 e. The molecule has 3 aromatic heterocycles. The topological polar surface area (TPSA) is 46.0 Å². The van der Waals surface area contributed by atoms with Gasteiger partial charge < -0.3 is 14.8 Å². The number of hydrogen-bond donors (Lipinski definition) is 1. The van der Waals surface area contributed by atoms with Gasteiger partial charge in [0.15, 0.2) is 5.11 Å². The van der Waals surface area contributed by atoms with Crippen LogP contribution in [0.4, 0.5) is 0 Å². The van der Waals surface area contributed by atoms with E-state index in [1.165, 1.54) is 44.9 Å². The smallest absolute Gasteiger partial charge is 0.170 e. The molecule has 0 amide bonds. The van der Waals surface area contributed by atoms with Gasteiger partial charge >= 0.3 is 0 Å². The standard InChI is InChI=1S/C29H31N5S/c1-18-14-19(2)27(20(3)15-18)34-21(4)16-24(22(34)5)28-26(25-8-6-7-11-31-25)32-29(35)33(28)17-23-9-12-30-13-10-23/h6-16,26,28H,17H2,1-5H3,(H,32,35)/t26-,28-/m1/s1. The van der Waals surface area contributed by atoms with Gasteiger partial charge in [-0.15, -0.1) is 0 Å². The van der Waals surface area contributed by atoms with E-state index in [1.54, 1.807) is 0 Å². The molecule has 1 saturated heterocycles. The Hall–Kier alpha value is -3.51. The number of nitrogens with one attached hydrogen (secondary N) is 1. The maximum atomic E-state index is 5.89. The van der Waals surface area contributed by atoms with Crippen LogP contribution in [0.15, 0.2) is 67.1 Å². The third-order valence-electron chi connectivity index (χ3n) is 6.95. The molecule has 178 valence electrons. The number of aryl methyl sites for hydroxylation is 4. The van der Waals surface area contributed by atoms with Crippen molar-refractivity contribution in [3.8, 4) is 5.69 Å². The highest BCUT2D eigenvalue weighted by atomic mass is 32.1. The maximum Gasteiger partial charge on any atom is 0.170 e. The Labute approximate surface area is 212 Å². The Morgan fingerprint density at radius 2 is 1.63 bits per heavy atom. The normalized spacial score (nSPS) is 17.6. The van der Waals surface area contributed by atoms with Crippen LogP contribution in [-0.2, 0) is 6.54 Å². The molecule has 5 rings (SSSR count). The summed E-state index contributed by atoms with van der Waals surface area (Å²) in [5, 5.41) is 4.33. The van der Waals surface area contributed by atoms with Gasteiger partial charge in [-0.25, -0.2) is 0 Å². The molecule has 35 heavy (non-hydrogen) atoms. The number of pyridine rings is 2. The highest BCUT2D eigenvalue weighted by Crippen LogP contribution is 2.42. The molecule has 5 nitrogen and oxygen atoms in total. The molecule has 4 aromatic rings. The highest BCUT2D eigenvalue weighted by Gasteiger charge is 2.41. The van der Waals surface area contributed by atoms with Gasteiger partial charge in [0, 0.05) is 36.5 Å². The predicted octanol–water partition coefficient (Wildman–Crippen LogP) is 5.98. The second kappa shape index (κ2) is 9.27. The van der Waals surface area contributed by atoms with Crippen molar-refractivity contribution >= 4 is 17.3 Å². The van der Waals surface area contributed by atoms with Crippen LogP contribution < -0.4 is 5.32 Å². The highest BCUT2D eigenvalue weighted by molar-refractivity contribution is 7.80. The molecule has 0 unspecified atom stereocenters. The van der Waals surface area contributed by atoms with Crippen LogP contribution in [-0.4, -0.2) is 24.5 Å². The summed E-state index contributed by atoms with van der Waals surface area (Å²) in [4.78, 5) is 11.2. The third kappa shape index (κ3) is 4.23. The van der Waals surface area contributed by atoms with Crippen LogP contribution in [0.1, 0.15) is 57.0 Å². The molecule has 6 heteroatoms. The summed E-state index contributed by atoms with van der Waals surface area (Å²) in [5.41, 5.74) is 11.0. The first-order valence-corrected chi connectivity index (χ1v) is 12.4. The Bertz CT molecular complexity index is 1350. The molecule has 1 aliphatic heterocycles. The van der Waals surface area contributed by atoms with Crippen molar-refractivity contribution in [2.75, 3.05) is 0 Å². The van der Waals surface area contributed by atoms with Gasteiger partial charge in [-0.2, -0.15) is 0 Å². The number of hydrogen-bond acceptors (Lipinski definition) is 3. The minimum absolute atomic E-state index is 0.0107. The minimum atomic E-state index is -0.0419. The lowest BCUT2D eigenvalue weighted by Gasteiger charge is -2.28. The van der Waals surface area contributed by atoms with Gasteiger partial charge in [-0.1, -0.05) is 23.8 Å². The van der Waals surface area contributed by atoms with Crippen LogP contribution in [0.5, 0.6) is 0 Å². The summed E-state index contributed by atoms with van der Waals surface area (Å²) < 4.78 is 2.40. The summed E-state index contributed by atoms with van der Waals surface area (Å²) in [6.45, 7) is 11.7. The molecule has 1 N–H and O–H groups in total. The fraction of sp³-hybridized carbons (Fsp3) is 0.276. The van der Waals surface area contributed by atoms with Crippen LogP contribution >= 0.6 is 12.2 Å². The lowest BCUT2D eigenvalue weighted by molar-refractivity contribution is 0.310. The molecule has 1 aliphatic rings. The van der Waals surface area contributed by atoms with Gasteiger partial charge in [0.05, 0.1) is 23.5 Å². The summed E-state index contributed by atoms with van der Waals surface area (Å²) in [5.74, 6) is 0. The molecule has 0 saturated carbocycles. The molecule has 4 heterocycles. The van der Waals surface area contributed by atoms with Crippen LogP contribution in [0.25, 0.3) is 5.69 Å². The first-order chi connectivity index (χ1) is 16.8. The van der Waals surface area contributed by atoms with Crippen molar-refractivity contribution in [2.45, 2.75) is 53.2 Å². The van der Waals surface area contributed by atoms with Gasteiger partial charge in [-0.05, 0) is 99.4 Å². The summed E-state index contributed by atoms with van der Waals surface area (Å²) in [7, 11) is 0. The molecule has 0 bridgehead atoms. The zero-order chi connectivity index (χ0) is 24.7. The van der Waals surface area contributed by atoms with Crippen molar-refractivity contribution in [1.82, 2.24) is 24.8 Å². The molecule has 1 aromatic carbocycles. The van der Waals surface area contributed by atoms with Crippen molar-refractivity contribution in [2.24, 2.45) is 0 Å². The third-order valence-corrected chi connectivity index (χ3v) is 7.30. The molecule has 0 spiro atoms. The molecule has 2 atom stereocenters. The van der Waals surface area contributed by atoms with Crippen molar-refractivity contribution in [3.63, 3.8) is 0 Å². The number of aromatic nitrogens is 3. The molecular formula is C29H31N5S. The Morgan fingerprint density at radius 3 is 2.29 bits per heavy atom. The van der Waals surface area contributed by atoms with Crippen molar-refractivity contribution in [3.05, 3.63) is 112 Å². The van der Waals surface area contributed by atoms with Crippen LogP contribution in [0.2, 0.25) is 0 Å². The van der Waals surface area contributed by atoms with E-state index in [1.807, 2.05) is 30.7 Å².